The van der Waals surface area contributed by atoms with Crippen LogP contribution in [0.3, 0.4) is 0 Å². The van der Waals surface area contributed by atoms with Crippen molar-refractivity contribution >= 4 is 27.7 Å². The minimum absolute atomic E-state index is 0.0128. The molecule has 1 saturated heterocycles. The third-order valence-corrected chi connectivity index (χ3v) is 5.10. The van der Waals surface area contributed by atoms with Crippen LogP contribution in [-0.4, -0.2) is 50.4 Å². The molecule has 0 bridgehead atoms. The Morgan fingerprint density at radius 3 is 2.58 bits per heavy atom. The summed E-state index contributed by atoms with van der Waals surface area (Å²) in [5.74, 6) is -1.45. The summed E-state index contributed by atoms with van der Waals surface area (Å²) in [6.07, 6.45) is 0.312. The Labute approximate surface area is 138 Å². The van der Waals surface area contributed by atoms with E-state index in [1.807, 2.05) is 5.32 Å². The Balaban J connectivity index is 1.81. The van der Waals surface area contributed by atoms with Gasteiger partial charge >= 0.3 is 6.03 Å². The Morgan fingerprint density at radius 2 is 1.96 bits per heavy atom. The van der Waals surface area contributed by atoms with Gasteiger partial charge in [0, 0.05) is 6.04 Å². The van der Waals surface area contributed by atoms with Crippen molar-refractivity contribution < 1.29 is 27.5 Å². The maximum absolute atomic E-state index is 11.7. The smallest absolute Gasteiger partial charge is 0.321 e. The molecule has 0 spiro atoms. The van der Waals surface area contributed by atoms with Crippen LogP contribution in [0.25, 0.3) is 0 Å². The van der Waals surface area contributed by atoms with Crippen LogP contribution in [0.4, 0.5) is 4.79 Å². The Morgan fingerprint density at radius 1 is 1.25 bits per heavy atom. The molecular weight excluding hydrogens is 338 g/mol. The number of para-hydroxylation sites is 1. The van der Waals surface area contributed by atoms with Gasteiger partial charge in [-0.1, -0.05) is 12.1 Å². The fourth-order valence-corrected chi connectivity index (χ4v) is 3.91. The average Bonchev–Trinajstić information content (AvgIpc) is 2.84. The average molecular weight is 355 g/mol. The number of primary amides is 1. The highest BCUT2D eigenvalue weighted by Crippen LogP contribution is 2.16. The van der Waals surface area contributed by atoms with E-state index in [1.165, 1.54) is 12.1 Å². The molecular formula is C14H17N3O6S. The minimum Gasteiger partial charge on any atom is -0.483 e. The van der Waals surface area contributed by atoms with Gasteiger partial charge < -0.3 is 15.8 Å². The van der Waals surface area contributed by atoms with Gasteiger partial charge in [0.1, 0.15) is 5.75 Å². The van der Waals surface area contributed by atoms with Crippen molar-refractivity contribution in [3.8, 4) is 5.75 Å². The van der Waals surface area contributed by atoms with Gasteiger partial charge in [0.05, 0.1) is 17.1 Å². The van der Waals surface area contributed by atoms with Crippen LogP contribution < -0.4 is 21.1 Å². The SMILES string of the molecule is NC(=O)c1ccccc1OCC(=O)NC(=O)NC1CCS(=O)(=O)C1. The van der Waals surface area contributed by atoms with Crippen LogP contribution in [0.5, 0.6) is 5.75 Å². The number of rotatable bonds is 5. The van der Waals surface area contributed by atoms with E-state index in [-0.39, 0.29) is 22.8 Å². The minimum atomic E-state index is -3.12. The molecule has 1 aliphatic rings. The quantitative estimate of drug-likeness (QED) is 0.629. The maximum Gasteiger partial charge on any atom is 0.321 e. The van der Waals surface area contributed by atoms with Crippen molar-refractivity contribution in [2.75, 3.05) is 18.1 Å². The third-order valence-electron chi connectivity index (χ3n) is 3.33. The lowest BCUT2D eigenvalue weighted by molar-refractivity contribution is -0.122. The van der Waals surface area contributed by atoms with Crippen LogP contribution in [0.1, 0.15) is 16.8 Å². The fourth-order valence-electron chi connectivity index (χ4n) is 2.23. The highest BCUT2D eigenvalue weighted by atomic mass is 32.2. The third kappa shape index (κ3) is 4.95. The van der Waals surface area contributed by atoms with E-state index in [9.17, 15) is 22.8 Å². The summed E-state index contributed by atoms with van der Waals surface area (Å²) in [7, 11) is -3.12. The number of carbonyl (C=O) groups excluding carboxylic acids is 3. The molecule has 0 aliphatic carbocycles. The molecule has 1 unspecified atom stereocenters. The van der Waals surface area contributed by atoms with Crippen molar-refractivity contribution in [2.24, 2.45) is 5.73 Å². The molecule has 1 aromatic rings. The van der Waals surface area contributed by atoms with Crippen LogP contribution in [0, 0.1) is 0 Å². The number of nitrogens with one attached hydrogen (secondary N) is 2. The second kappa shape index (κ2) is 7.30. The molecule has 1 atom stereocenters. The predicted molar refractivity (Wildman–Crippen MR) is 84.2 cm³/mol. The molecule has 10 heteroatoms. The number of benzene rings is 1. The highest BCUT2D eigenvalue weighted by molar-refractivity contribution is 7.91. The van der Waals surface area contributed by atoms with Gasteiger partial charge in [-0.3, -0.25) is 14.9 Å². The standard InChI is InChI=1S/C14H17N3O6S/c15-13(19)10-3-1-2-4-11(10)23-7-12(18)17-14(20)16-9-5-6-24(21,22)8-9/h1-4,9H,5-8H2,(H2,15,19)(H2,16,17,18,20). The van der Waals surface area contributed by atoms with Crippen molar-refractivity contribution in [1.29, 1.82) is 0 Å². The summed E-state index contributed by atoms with van der Waals surface area (Å²) in [5, 5.41) is 4.44. The van der Waals surface area contributed by atoms with E-state index in [0.717, 1.165) is 0 Å². The van der Waals surface area contributed by atoms with E-state index >= 15 is 0 Å². The summed E-state index contributed by atoms with van der Waals surface area (Å²) in [4.78, 5) is 34.5. The van der Waals surface area contributed by atoms with Crippen LogP contribution >= 0.6 is 0 Å². The lowest BCUT2D eigenvalue weighted by atomic mass is 10.2. The summed E-state index contributed by atoms with van der Waals surface area (Å²) < 4.78 is 27.8. The fraction of sp³-hybridized carbons (Fsp3) is 0.357. The largest absolute Gasteiger partial charge is 0.483 e. The molecule has 4 amide bonds. The first-order valence-corrected chi connectivity index (χ1v) is 8.91. The molecule has 1 heterocycles. The number of hydrogen-bond acceptors (Lipinski definition) is 6. The van der Waals surface area contributed by atoms with Crippen molar-refractivity contribution in [3.05, 3.63) is 29.8 Å². The maximum atomic E-state index is 11.7. The van der Waals surface area contributed by atoms with E-state index in [1.54, 1.807) is 12.1 Å². The number of nitrogens with two attached hydrogens (primary N) is 1. The second-order valence-corrected chi connectivity index (χ2v) is 7.50. The summed E-state index contributed by atoms with van der Waals surface area (Å²) in [5.41, 5.74) is 5.30. The molecule has 1 fully saturated rings. The summed E-state index contributed by atoms with van der Waals surface area (Å²) in [6, 6.07) is 4.80. The number of hydrogen-bond donors (Lipinski definition) is 3. The Kier molecular flexibility index (Phi) is 5.39. The lowest BCUT2D eigenvalue weighted by Crippen LogP contribution is -2.46. The van der Waals surface area contributed by atoms with E-state index in [4.69, 9.17) is 10.5 Å². The van der Waals surface area contributed by atoms with Gasteiger partial charge in [-0.25, -0.2) is 13.2 Å². The number of amides is 4. The van der Waals surface area contributed by atoms with Gasteiger partial charge in [-0.2, -0.15) is 0 Å². The molecule has 2 rings (SSSR count). The predicted octanol–water partition coefficient (Wildman–Crippen LogP) is -0.823. The van der Waals surface area contributed by atoms with Gasteiger partial charge in [0.15, 0.2) is 16.4 Å². The first-order valence-electron chi connectivity index (χ1n) is 7.09. The number of carbonyl (C=O) groups is 3. The Hall–Kier alpha value is -2.62. The highest BCUT2D eigenvalue weighted by Gasteiger charge is 2.29. The molecule has 0 aromatic heterocycles. The molecule has 1 aliphatic heterocycles. The molecule has 0 saturated carbocycles. The van der Waals surface area contributed by atoms with Crippen molar-refractivity contribution in [1.82, 2.24) is 10.6 Å². The zero-order chi connectivity index (χ0) is 17.7. The van der Waals surface area contributed by atoms with Crippen LogP contribution in [-0.2, 0) is 14.6 Å². The summed E-state index contributed by atoms with van der Waals surface area (Å²) in [6.45, 7) is -0.499. The van der Waals surface area contributed by atoms with Gasteiger partial charge in [0.2, 0.25) is 0 Å². The first-order chi connectivity index (χ1) is 11.3. The summed E-state index contributed by atoms with van der Waals surface area (Å²) >= 11 is 0. The number of sulfone groups is 1. The Bertz CT molecular complexity index is 762. The van der Waals surface area contributed by atoms with Crippen LogP contribution in [0.2, 0.25) is 0 Å². The molecule has 0 radical (unpaired) electrons. The van der Waals surface area contributed by atoms with E-state index in [2.05, 4.69) is 5.32 Å². The van der Waals surface area contributed by atoms with Gasteiger partial charge in [-0.05, 0) is 18.6 Å². The number of imide groups is 1. The first kappa shape index (κ1) is 17.7. The molecule has 9 nitrogen and oxygen atoms in total. The molecule has 1 aromatic carbocycles. The molecule has 130 valence electrons. The van der Waals surface area contributed by atoms with Gasteiger partial charge in [-0.15, -0.1) is 0 Å². The lowest BCUT2D eigenvalue weighted by Gasteiger charge is -2.12. The zero-order valence-electron chi connectivity index (χ0n) is 12.7. The normalized spacial score (nSPS) is 18.6. The van der Waals surface area contributed by atoms with Crippen molar-refractivity contribution in [3.63, 3.8) is 0 Å². The molecule has 4 N–H and O–H groups in total. The monoisotopic (exact) mass is 355 g/mol. The topological polar surface area (TPSA) is 145 Å². The van der Waals surface area contributed by atoms with Crippen molar-refractivity contribution in [2.45, 2.75) is 12.5 Å². The second-order valence-electron chi connectivity index (χ2n) is 5.27. The van der Waals surface area contributed by atoms with E-state index < -0.39 is 40.3 Å². The molecule has 24 heavy (non-hydrogen) atoms. The van der Waals surface area contributed by atoms with Gasteiger partial charge in [0.25, 0.3) is 11.8 Å². The van der Waals surface area contributed by atoms with E-state index in [0.29, 0.717) is 6.42 Å². The number of ether oxygens (including phenoxy) is 1. The van der Waals surface area contributed by atoms with Crippen LogP contribution in [0.15, 0.2) is 24.3 Å². The number of urea groups is 1. The zero-order valence-corrected chi connectivity index (χ0v) is 13.5.